The summed E-state index contributed by atoms with van der Waals surface area (Å²) in [7, 11) is 0. The summed E-state index contributed by atoms with van der Waals surface area (Å²) in [6, 6.07) is 11.8. The molecule has 0 saturated carbocycles. The smallest absolute Gasteiger partial charge is 0.247 e. The zero-order chi connectivity index (χ0) is 19.2. The Morgan fingerprint density at radius 1 is 1.11 bits per heavy atom. The lowest BCUT2D eigenvalue weighted by Gasteiger charge is -2.24. The summed E-state index contributed by atoms with van der Waals surface area (Å²) in [5.74, 6) is 2.17. The molecule has 0 radical (unpaired) electrons. The van der Waals surface area contributed by atoms with E-state index >= 15 is 0 Å². The lowest BCUT2D eigenvalue weighted by molar-refractivity contribution is 0.266. The van der Waals surface area contributed by atoms with E-state index in [4.69, 9.17) is 0 Å². The number of aromatic nitrogens is 6. The van der Waals surface area contributed by atoms with Gasteiger partial charge in [-0.25, -0.2) is 9.97 Å². The Kier molecular flexibility index (Phi) is 5.57. The summed E-state index contributed by atoms with van der Waals surface area (Å²) in [5, 5.41) is 27.8. The molecule has 1 unspecified atom stereocenters. The first-order valence-corrected chi connectivity index (χ1v) is 9.36. The number of aliphatic hydroxyl groups excluding tert-OH is 1. The topological polar surface area (TPSA) is 117 Å². The van der Waals surface area contributed by atoms with Crippen LogP contribution in [-0.4, -0.2) is 67.6 Å². The number of aliphatic hydroxyl groups is 1. The third kappa shape index (κ3) is 4.01. The molecule has 3 aromatic rings. The van der Waals surface area contributed by atoms with Crippen LogP contribution in [0.4, 0.5) is 17.6 Å². The molecule has 1 aliphatic heterocycles. The second kappa shape index (κ2) is 8.61. The fraction of sp³-hybridized carbons (Fsp3) is 0.389. The van der Waals surface area contributed by atoms with E-state index in [1.807, 2.05) is 36.4 Å². The average molecular weight is 381 g/mol. The Bertz CT molecular complexity index is 886. The highest BCUT2D eigenvalue weighted by atomic mass is 16.3. The van der Waals surface area contributed by atoms with Gasteiger partial charge in [0, 0.05) is 25.7 Å². The largest absolute Gasteiger partial charge is 0.394 e. The van der Waals surface area contributed by atoms with Crippen LogP contribution in [0.2, 0.25) is 0 Å². The maximum Gasteiger partial charge on any atom is 0.247 e. The Morgan fingerprint density at radius 2 is 1.96 bits per heavy atom. The first-order chi connectivity index (χ1) is 13.8. The number of nitrogens with one attached hydrogen (secondary N) is 2. The highest BCUT2D eigenvalue weighted by Crippen LogP contribution is 2.24. The Morgan fingerprint density at radius 3 is 2.82 bits per heavy atom. The van der Waals surface area contributed by atoms with E-state index in [1.54, 1.807) is 11.0 Å². The van der Waals surface area contributed by atoms with Gasteiger partial charge in [-0.1, -0.05) is 23.3 Å². The number of benzene rings is 1. The SMILES string of the molecule is OCC1CCCN1c1cc(NCCNc2nnnn2-c2ccccc2)ncn1. The molecule has 1 saturated heterocycles. The molecule has 28 heavy (non-hydrogen) atoms. The molecule has 1 aliphatic rings. The highest BCUT2D eigenvalue weighted by Gasteiger charge is 2.25. The van der Waals surface area contributed by atoms with E-state index in [-0.39, 0.29) is 12.6 Å². The van der Waals surface area contributed by atoms with Crippen molar-refractivity contribution in [1.82, 2.24) is 30.2 Å². The summed E-state index contributed by atoms with van der Waals surface area (Å²) in [4.78, 5) is 10.8. The van der Waals surface area contributed by atoms with Crippen LogP contribution in [0.3, 0.4) is 0 Å². The molecule has 0 spiro atoms. The first kappa shape index (κ1) is 18.1. The van der Waals surface area contributed by atoms with Gasteiger partial charge in [-0.15, -0.1) is 0 Å². The summed E-state index contributed by atoms with van der Waals surface area (Å²) in [5.41, 5.74) is 0.896. The summed E-state index contributed by atoms with van der Waals surface area (Å²) < 4.78 is 1.66. The van der Waals surface area contributed by atoms with Crippen molar-refractivity contribution in [3.05, 3.63) is 42.7 Å². The van der Waals surface area contributed by atoms with Crippen molar-refractivity contribution in [3.63, 3.8) is 0 Å². The number of nitrogens with zero attached hydrogens (tertiary/aromatic N) is 7. The van der Waals surface area contributed by atoms with E-state index in [2.05, 4.69) is 41.0 Å². The molecule has 10 heteroatoms. The summed E-state index contributed by atoms with van der Waals surface area (Å²) in [6.45, 7) is 2.31. The molecule has 1 aromatic carbocycles. The van der Waals surface area contributed by atoms with Gasteiger partial charge in [0.05, 0.1) is 18.3 Å². The van der Waals surface area contributed by atoms with Crippen LogP contribution in [-0.2, 0) is 0 Å². The van der Waals surface area contributed by atoms with Gasteiger partial charge in [0.25, 0.3) is 0 Å². The summed E-state index contributed by atoms with van der Waals surface area (Å²) in [6.07, 6.45) is 3.61. The maximum absolute atomic E-state index is 9.51. The number of anilines is 3. The van der Waals surface area contributed by atoms with E-state index in [0.29, 0.717) is 19.0 Å². The van der Waals surface area contributed by atoms with Gasteiger partial charge in [0.2, 0.25) is 5.95 Å². The standard InChI is InChI=1S/C18H23N9O/c28-12-15-7-4-10-26(15)17-11-16(21-13-22-17)19-8-9-20-18-23-24-25-27(18)14-5-2-1-3-6-14/h1-3,5-6,11,13,15,28H,4,7-10,12H2,(H,19,21,22)(H,20,23,25). The lowest BCUT2D eigenvalue weighted by Crippen LogP contribution is -2.32. The van der Waals surface area contributed by atoms with E-state index in [1.165, 1.54) is 0 Å². The van der Waals surface area contributed by atoms with Gasteiger partial charge in [-0.05, 0) is 35.4 Å². The molecule has 10 nitrogen and oxygen atoms in total. The van der Waals surface area contributed by atoms with Crippen molar-refractivity contribution in [2.24, 2.45) is 0 Å². The molecule has 1 fully saturated rings. The highest BCUT2D eigenvalue weighted by molar-refractivity contribution is 5.50. The van der Waals surface area contributed by atoms with Gasteiger partial charge in [0.15, 0.2) is 0 Å². The molecule has 2 aromatic heterocycles. The predicted octanol–water partition coefficient (Wildman–Crippen LogP) is 0.937. The van der Waals surface area contributed by atoms with Crippen molar-refractivity contribution in [3.8, 4) is 5.69 Å². The molecular formula is C18H23N9O. The van der Waals surface area contributed by atoms with E-state index in [9.17, 15) is 5.11 Å². The third-order valence-electron chi connectivity index (χ3n) is 4.72. The van der Waals surface area contributed by atoms with Crippen LogP contribution in [0.1, 0.15) is 12.8 Å². The minimum absolute atomic E-state index is 0.140. The minimum atomic E-state index is 0.140. The van der Waals surface area contributed by atoms with Crippen molar-refractivity contribution >= 4 is 17.6 Å². The quantitative estimate of drug-likeness (QED) is 0.490. The fourth-order valence-electron chi connectivity index (χ4n) is 3.33. The van der Waals surface area contributed by atoms with Crippen molar-refractivity contribution in [1.29, 1.82) is 0 Å². The minimum Gasteiger partial charge on any atom is -0.394 e. The maximum atomic E-state index is 9.51. The van der Waals surface area contributed by atoms with Crippen LogP contribution >= 0.6 is 0 Å². The predicted molar refractivity (Wildman–Crippen MR) is 106 cm³/mol. The fourth-order valence-corrected chi connectivity index (χ4v) is 3.33. The van der Waals surface area contributed by atoms with Gasteiger partial charge >= 0.3 is 0 Å². The molecule has 0 amide bonds. The zero-order valence-electron chi connectivity index (χ0n) is 15.4. The third-order valence-corrected chi connectivity index (χ3v) is 4.72. The Balaban J connectivity index is 1.32. The average Bonchev–Trinajstić information content (AvgIpc) is 3.41. The van der Waals surface area contributed by atoms with Gasteiger partial charge in [0.1, 0.15) is 18.0 Å². The number of para-hydroxylation sites is 1. The van der Waals surface area contributed by atoms with Gasteiger partial charge < -0.3 is 20.6 Å². The van der Waals surface area contributed by atoms with Crippen LogP contribution in [0, 0.1) is 0 Å². The molecule has 3 N–H and O–H groups in total. The number of tetrazole rings is 1. The molecule has 3 heterocycles. The van der Waals surface area contributed by atoms with Gasteiger partial charge in [-0.3, -0.25) is 0 Å². The molecule has 1 atom stereocenters. The normalized spacial score (nSPS) is 16.3. The lowest BCUT2D eigenvalue weighted by atomic mass is 10.2. The monoisotopic (exact) mass is 381 g/mol. The second-order valence-corrected chi connectivity index (χ2v) is 6.54. The molecule has 146 valence electrons. The van der Waals surface area contributed by atoms with Crippen LogP contribution in [0.25, 0.3) is 5.69 Å². The van der Waals surface area contributed by atoms with Crippen LogP contribution in [0.5, 0.6) is 0 Å². The number of rotatable bonds is 8. The number of hydrogen-bond acceptors (Lipinski definition) is 9. The van der Waals surface area contributed by atoms with Crippen molar-refractivity contribution < 1.29 is 5.11 Å². The molecule has 0 aliphatic carbocycles. The summed E-state index contributed by atoms with van der Waals surface area (Å²) >= 11 is 0. The van der Waals surface area contributed by atoms with Crippen molar-refractivity contribution in [2.45, 2.75) is 18.9 Å². The molecule has 0 bridgehead atoms. The van der Waals surface area contributed by atoms with Crippen molar-refractivity contribution in [2.75, 3.05) is 41.8 Å². The van der Waals surface area contributed by atoms with Crippen LogP contribution < -0.4 is 15.5 Å². The Labute approximate surface area is 162 Å². The van der Waals surface area contributed by atoms with Gasteiger partial charge in [-0.2, -0.15) is 4.68 Å². The Hall–Kier alpha value is -3.27. The van der Waals surface area contributed by atoms with E-state index < -0.39 is 0 Å². The number of hydrogen-bond donors (Lipinski definition) is 3. The molecular weight excluding hydrogens is 358 g/mol. The second-order valence-electron chi connectivity index (χ2n) is 6.54. The first-order valence-electron chi connectivity index (χ1n) is 9.36. The van der Waals surface area contributed by atoms with Crippen LogP contribution in [0.15, 0.2) is 42.7 Å². The zero-order valence-corrected chi connectivity index (χ0v) is 15.4. The molecule has 4 rings (SSSR count). The van der Waals surface area contributed by atoms with E-state index in [0.717, 1.165) is 36.7 Å².